The Morgan fingerprint density at radius 1 is 1.00 bits per heavy atom. The van der Waals surface area contributed by atoms with Crippen molar-refractivity contribution in [2.75, 3.05) is 23.3 Å². The summed E-state index contributed by atoms with van der Waals surface area (Å²) in [6.45, 7) is 6.43. The number of hydrogen-bond acceptors (Lipinski definition) is 4. The molecule has 1 fully saturated rings. The van der Waals surface area contributed by atoms with Crippen LogP contribution in [0.15, 0.2) is 36.4 Å². The number of hydrogen-bond donors (Lipinski definition) is 2. The molecule has 1 saturated heterocycles. The SMILES string of the molecule is Cc1cc2c(NC(=O)NC3CCN(c4ccc(C(F)(F)F)c(C)n4)CC3)cccc2c(C)n1. The Kier molecular flexibility index (Phi) is 6.14. The van der Waals surface area contributed by atoms with E-state index in [1.54, 1.807) is 0 Å². The first kappa shape index (κ1) is 22.8. The molecule has 33 heavy (non-hydrogen) atoms. The van der Waals surface area contributed by atoms with Gasteiger partial charge in [0, 0.05) is 41.3 Å². The van der Waals surface area contributed by atoms with Gasteiger partial charge in [-0.1, -0.05) is 12.1 Å². The Labute approximate surface area is 190 Å². The van der Waals surface area contributed by atoms with Crippen LogP contribution in [0.4, 0.5) is 29.5 Å². The molecule has 1 aliphatic rings. The van der Waals surface area contributed by atoms with E-state index in [0.717, 1.165) is 33.9 Å². The monoisotopic (exact) mass is 457 g/mol. The predicted molar refractivity (Wildman–Crippen MR) is 123 cm³/mol. The highest BCUT2D eigenvalue weighted by molar-refractivity contribution is 6.02. The Hall–Kier alpha value is -3.36. The number of nitrogens with one attached hydrogen (secondary N) is 2. The third-order valence-electron chi connectivity index (χ3n) is 5.97. The van der Waals surface area contributed by atoms with E-state index >= 15 is 0 Å². The van der Waals surface area contributed by atoms with Gasteiger partial charge in [-0.25, -0.2) is 9.78 Å². The minimum atomic E-state index is -4.40. The number of halogens is 3. The number of aryl methyl sites for hydroxylation is 3. The maximum Gasteiger partial charge on any atom is 0.418 e. The third kappa shape index (κ3) is 5.02. The Bertz CT molecular complexity index is 1190. The van der Waals surface area contributed by atoms with E-state index < -0.39 is 11.7 Å². The lowest BCUT2D eigenvalue weighted by atomic mass is 10.0. The van der Waals surface area contributed by atoms with Gasteiger partial charge in [0.25, 0.3) is 0 Å². The smallest absolute Gasteiger partial charge is 0.356 e. The fraction of sp³-hybridized carbons (Fsp3) is 0.375. The summed E-state index contributed by atoms with van der Waals surface area (Å²) in [4.78, 5) is 23.2. The number of nitrogens with zero attached hydrogens (tertiary/aromatic N) is 3. The summed E-state index contributed by atoms with van der Waals surface area (Å²) in [6, 6.07) is 9.87. The van der Waals surface area contributed by atoms with Crippen LogP contribution in [0.25, 0.3) is 10.8 Å². The lowest BCUT2D eigenvalue weighted by molar-refractivity contribution is -0.138. The Balaban J connectivity index is 1.37. The molecule has 0 radical (unpaired) electrons. The quantitative estimate of drug-likeness (QED) is 0.555. The minimum absolute atomic E-state index is 0.0306. The zero-order valence-electron chi connectivity index (χ0n) is 18.8. The summed E-state index contributed by atoms with van der Waals surface area (Å²) in [6.07, 6.45) is -3.06. The highest BCUT2D eigenvalue weighted by atomic mass is 19.4. The molecular weight excluding hydrogens is 431 g/mol. The van der Waals surface area contributed by atoms with E-state index in [-0.39, 0.29) is 17.8 Å². The molecule has 3 aromatic rings. The molecule has 4 rings (SSSR count). The van der Waals surface area contributed by atoms with Gasteiger partial charge in [-0.05, 0) is 57.9 Å². The number of urea groups is 1. The molecule has 0 spiro atoms. The molecule has 2 N–H and O–H groups in total. The molecule has 9 heteroatoms. The number of carbonyl (C=O) groups excluding carboxylic acids is 1. The lowest BCUT2D eigenvalue weighted by Gasteiger charge is -2.33. The van der Waals surface area contributed by atoms with Crippen LogP contribution in [0.1, 0.15) is 35.5 Å². The second-order valence-corrected chi connectivity index (χ2v) is 8.41. The lowest BCUT2D eigenvalue weighted by Crippen LogP contribution is -2.46. The van der Waals surface area contributed by atoms with Crippen LogP contribution in [0.5, 0.6) is 0 Å². The van der Waals surface area contributed by atoms with E-state index in [9.17, 15) is 18.0 Å². The van der Waals surface area contributed by atoms with E-state index in [4.69, 9.17) is 0 Å². The summed E-state index contributed by atoms with van der Waals surface area (Å²) in [5.74, 6) is 0.526. The van der Waals surface area contributed by atoms with Gasteiger partial charge in [0.1, 0.15) is 5.82 Å². The first-order chi connectivity index (χ1) is 15.6. The molecule has 1 aromatic carbocycles. The van der Waals surface area contributed by atoms with Crippen molar-refractivity contribution in [3.63, 3.8) is 0 Å². The largest absolute Gasteiger partial charge is 0.418 e. The molecule has 2 amide bonds. The van der Waals surface area contributed by atoms with Crippen molar-refractivity contribution in [1.82, 2.24) is 15.3 Å². The van der Waals surface area contributed by atoms with E-state index in [2.05, 4.69) is 20.6 Å². The van der Waals surface area contributed by atoms with Crippen LogP contribution in [0.2, 0.25) is 0 Å². The Morgan fingerprint density at radius 3 is 2.39 bits per heavy atom. The van der Waals surface area contributed by atoms with Gasteiger partial charge in [0.2, 0.25) is 0 Å². The molecule has 1 aliphatic heterocycles. The maximum absolute atomic E-state index is 13.0. The summed E-state index contributed by atoms with van der Waals surface area (Å²) in [5, 5.41) is 7.89. The average Bonchev–Trinajstić information content (AvgIpc) is 2.74. The zero-order valence-corrected chi connectivity index (χ0v) is 18.8. The van der Waals surface area contributed by atoms with Gasteiger partial charge < -0.3 is 15.5 Å². The van der Waals surface area contributed by atoms with Crippen molar-refractivity contribution < 1.29 is 18.0 Å². The molecular formula is C24H26F3N5O. The number of anilines is 2. The van der Waals surface area contributed by atoms with Crippen molar-refractivity contribution in [1.29, 1.82) is 0 Å². The average molecular weight is 458 g/mol. The van der Waals surface area contributed by atoms with E-state index in [1.807, 2.05) is 43.0 Å². The molecule has 3 heterocycles. The van der Waals surface area contributed by atoms with Gasteiger partial charge in [0.05, 0.1) is 16.9 Å². The van der Waals surface area contributed by atoms with Crippen LogP contribution in [-0.4, -0.2) is 35.1 Å². The summed E-state index contributed by atoms with van der Waals surface area (Å²) in [5.41, 5.74) is 1.77. The van der Waals surface area contributed by atoms with Crippen LogP contribution >= 0.6 is 0 Å². The van der Waals surface area contributed by atoms with Crippen LogP contribution in [-0.2, 0) is 6.18 Å². The van der Waals surface area contributed by atoms with Crippen molar-refractivity contribution >= 4 is 28.3 Å². The fourth-order valence-corrected chi connectivity index (χ4v) is 4.33. The number of rotatable bonds is 3. The number of piperidine rings is 1. The van der Waals surface area contributed by atoms with Gasteiger partial charge >= 0.3 is 12.2 Å². The predicted octanol–water partition coefficient (Wildman–Crippen LogP) is 5.36. The highest BCUT2D eigenvalue weighted by Gasteiger charge is 2.33. The molecule has 0 unspecified atom stereocenters. The third-order valence-corrected chi connectivity index (χ3v) is 5.97. The van der Waals surface area contributed by atoms with Crippen molar-refractivity contribution in [2.45, 2.75) is 45.8 Å². The maximum atomic E-state index is 13.0. The number of amides is 2. The van der Waals surface area contributed by atoms with Gasteiger partial charge in [-0.15, -0.1) is 0 Å². The van der Waals surface area contributed by atoms with Gasteiger partial charge in [-0.2, -0.15) is 13.2 Å². The van der Waals surface area contributed by atoms with Crippen LogP contribution in [0, 0.1) is 20.8 Å². The van der Waals surface area contributed by atoms with E-state index in [1.165, 1.54) is 13.0 Å². The number of carbonyl (C=O) groups is 1. The minimum Gasteiger partial charge on any atom is -0.356 e. The van der Waals surface area contributed by atoms with Gasteiger partial charge in [-0.3, -0.25) is 4.98 Å². The Morgan fingerprint density at radius 2 is 1.73 bits per heavy atom. The molecule has 174 valence electrons. The highest BCUT2D eigenvalue weighted by Crippen LogP contribution is 2.32. The number of fused-ring (bicyclic) bond motifs is 1. The molecule has 0 bridgehead atoms. The van der Waals surface area contributed by atoms with Crippen molar-refractivity contribution in [2.24, 2.45) is 0 Å². The number of alkyl halides is 3. The first-order valence-electron chi connectivity index (χ1n) is 10.9. The molecule has 0 aliphatic carbocycles. The standard InChI is InChI=1S/C24H26F3N5O/c1-14-13-19-18(15(2)28-14)5-4-6-21(19)31-23(33)30-17-9-11-32(12-10-17)22-8-7-20(16(3)29-22)24(25,26)27/h4-8,13,17H,9-12H2,1-3H3,(H2,30,31,33). The van der Waals surface area contributed by atoms with Crippen LogP contribution in [0.3, 0.4) is 0 Å². The van der Waals surface area contributed by atoms with E-state index in [0.29, 0.717) is 31.7 Å². The summed E-state index contributed by atoms with van der Waals surface area (Å²) >= 11 is 0. The number of pyridine rings is 2. The number of benzene rings is 1. The second kappa shape index (κ2) is 8.88. The van der Waals surface area contributed by atoms with Crippen molar-refractivity contribution in [3.05, 3.63) is 59.0 Å². The fourth-order valence-electron chi connectivity index (χ4n) is 4.33. The summed E-state index contributed by atoms with van der Waals surface area (Å²) in [7, 11) is 0. The molecule has 0 saturated carbocycles. The van der Waals surface area contributed by atoms with Crippen molar-refractivity contribution in [3.8, 4) is 0 Å². The second-order valence-electron chi connectivity index (χ2n) is 8.41. The molecule has 0 atom stereocenters. The topological polar surface area (TPSA) is 70.2 Å². The molecule has 2 aromatic heterocycles. The summed E-state index contributed by atoms with van der Waals surface area (Å²) < 4.78 is 38.9. The van der Waals surface area contributed by atoms with Gasteiger partial charge in [0.15, 0.2) is 0 Å². The first-order valence-corrected chi connectivity index (χ1v) is 10.9. The zero-order chi connectivity index (χ0) is 23.8. The number of aromatic nitrogens is 2. The molecule has 6 nitrogen and oxygen atoms in total. The normalized spacial score (nSPS) is 15.0. The van der Waals surface area contributed by atoms with Crippen LogP contribution < -0.4 is 15.5 Å².